The summed E-state index contributed by atoms with van der Waals surface area (Å²) < 4.78 is 15.4. The van der Waals surface area contributed by atoms with Crippen LogP contribution in [0.15, 0.2) is 21.5 Å². The second-order valence-electron chi connectivity index (χ2n) is 3.54. The van der Waals surface area contributed by atoms with Crippen molar-refractivity contribution in [2.45, 2.75) is 32.8 Å². The Morgan fingerprint density at radius 1 is 1.38 bits per heavy atom. The van der Waals surface area contributed by atoms with E-state index in [0.29, 0.717) is 19.0 Å². The van der Waals surface area contributed by atoms with E-state index in [9.17, 15) is 4.79 Å². The summed E-state index contributed by atoms with van der Waals surface area (Å²) in [5.41, 5.74) is -0.180. The van der Waals surface area contributed by atoms with E-state index in [1.807, 2.05) is 0 Å². The number of unbranched alkanes of at least 4 members (excludes halogenated alkanes) is 2. The van der Waals surface area contributed by atoms with Crippen molar-refractivity contribution >= 4 is 0 Å². The van der Waals surface area contributed by atoms with E-state index in [4.69, 9.17) is 13.9 Å². The van der Waals surface area contributed by atoms with Crippen molar-refractivity contribution in [3.05, 3.63) is 28.3 Å². The molecule has 0 radical (unpaired) electrons. The van der Waals surface area contributed by atoms with Crippen LogP contribution in [0.2, 0.25) is 0 Å². The van der Waals surface area contributed by atoms with Gasteiger partial charge in [0.1, 0.15) is 18.6 Å². The highest BCUT2D eigenvalue weighted by molar-refractivity contribution is 5.16. The third-order valence-corrected chi connectivity index (χ3v) is 2.21. The Balaban J connectivity index is 2.37. The Kier molecular flexibility index (Phi) is 5.64. The lowest BCUT2D eigenvalue weighted by Gasteiger charge is -2.03. The quantitative estimate of drug-likeness (QED) is 0.670. The van der Waals surface area contributed by atoms with Gasteiger partial charge in [-0.1, -0.05) is 19.8 Å². The molecule has 0 aliphatic heterocycles. The van der Waals surface area contributed by atoms with Crippen molar-refractivity contribution in [3.8, 4) is 5.75 Å². The summed E-state index contributed by atoms with van der Waals surface area (Å²) in [4.78, 5) is 11.4. The molecule has 16 heavy (non-hydrogen) atoms. The maximum atomic E-state index is 11.4. The van der Waals surface area contributed by atoms with Gasteiger partial charge in [0.15, 0.2) is 0 Å². The molecule has 4 nitrogen and oxygen atoms in total. The zero-order valence-electron chi connectivity index (χ0n) is 9.82. The number of methoxy groups -OCH3 is 1. The number of hydrogen-bond donors (Lipinski definition) is 0. The normalized spacial score (nSPS) is 10.4. The standard InChI is InChI=1S/C12H18O4/c1-3-4-5-6-15-8-10-7-11(13)12(14-2)9-16-10/h7,9H,3-6,8H2,1-2H3. The van der Waals surface area contributed by atoms with Gasteiger partial charge < -0.3 is 13.9 Å². The molecule has 0 bridgehead atoms. The lowest BCUT2D eigenvalue weighted by Crippen LogP contribution is -2.06. The average molecular weight is 226 g/mol. The van der Waals surface area contributed by atoms with Crippen LogP contribution < -0.4 is 10.2 Å². The highest BCUT2D eigenvalue weighted by Gasteiger charge is 2.02. The van der Waals surface area contributed by atoms with Gasteiger partial charge in [-0.25, -0.2) is 0 Å². The zero-order chi connectivity index (χ0) is 11.8. The van der Waals surface area contributed by atoms with Crippen molar-refractivity contribution in [3.63, 3.8) is 0 Å². The first kappa shape index (κ1) is 12.8. The van der Waals surface area contributed by atoms with Gasteiger partial charge >= 0.3 is 0 Å². The first-order valence-electron chi connectivity index (χ1n) is 5.51. The van der Waals surface area contributed by atoms with Crippen molar-refractivity contribution in [2.24, 2.45) is 0 Å². The fourth-order valence-corrected chi connectivity index (χ4v) is 1.29. The van der Waals surface area contributed by atoms with Crippen molar-refractivity contribution in [2.75, 3.05) is 13.7 Å². The molecule has 1 aromatic heterocycles. The van der Waals surface area contributed by atoms with Gasteiger partial charge in [0.2, 0.25) is 11.2 Å². The van der Waals surface area contributed by atoms with Crippen LogP contribution in [0.1, 0.15) is 31.9 Å². The van der Waals surface area contributed by atoms with E-state index in [0.717, 1.165) is 12.8 Å². The Morgan fingerprint density at radius 3 is 2.81 bits per heavy atom. The third-order valence-electron chi connectivity index (χ3n) is 2.21. The van der Waals surface area contributed by atoms with Gasteiger partial charge in [0, 0.05) is 12.7 Å². The van der Waals surface area contributed by atoms with E-state index >= 15 is 0 Å². The van der Waals surface area contributed by atoms with Crippen LogP contribution in [-0.4, -0.2) is 13.7 Å². The maximum Gasteiger partial charge on any atom is 0.227 e. The van der Waals surface area contributed by atoms with Crippen LogP contribution in [0, 0.1) is 0 Å². The van der Waals surface area contributed by atoms with E-state index in [-0.39, 0.29) is 11.2 Å². The van der Waals surface area contributed by atoms with Crippen LogP contribution in [-0.2, 0) is 11.3 Å². The molecule has 0 fully saturated rings. The summed E-state index contributed by atoms with van der Waals surface area (Å²) in [7, 11) is 1.44. The second-order valence-corrected chi connectivity index (χ2v) is 3.54. The minimum Gasteiger partial charge on any atom is -0.490 e. The van der Waals surface area contributed by atoms with Crippen molar-refractivity contribution in [1.82, 2.24) is 0 Å². The monoisotopic (exact) mass is 226 g/mol. The summed E-state index contributed by atoms with van der Waals surface area (Å²) in [5, 5.41) is 0. The fraction of sp³-hybridized carbons (Fsp3) is 0.583. The predicted octanol–water partition coefficient (Wildman–Crippen LogP) is 2.36. The summed E-state index contributed by atoms with van der Waals surface area (Å²) >= 11 is 0. The molecule has 90 valence electrons. The lowest BCUT2D eigenvalue weighted by atomic mass is 10.3. The minimum absolute atomic E-state index is 0.180. The largest absolute Gasteiger partial charge is 0.490 e. The number of hydrogen-bond acceptors (Lipinski definition) is 4. The molecule has 0 unspecified atom stereocenters. The number of rotatable bonds is 7. The van der Waals surface area contributed by atoms with E-state index < -0.39 is 0 Å². The molecular formula is C12H18O4. The third kappa shape index (κ3) is 4.06. The Bertz CT molecular complexity index is 356. The number of ether oxygens (including phenoxy) is 2. The first-order chi connectivity index (χ1) is 7.77. The van der Waals surface area contributed by atoms with Gasteiger partial charge in [0.05, 0.1) is 7.11 Å². The molecule has 0 N–H and O–H groups in total. The molecule has 0 atom stereocenters. The van der Waals surface area contributed by atoms with Crippen molar-refractivity contribution < 1.29 is 13.9 Å². The van der Waals surface area contributed by atoms with Crippen LogP contribution in [0.4, 0.5) is 0 Å². The Hall–Kier alpha value is -1.29. The minimum atomic E-state index is -0.180. The molecule has 4 heteroatoms. The van der Waals surface area contributed by atoms with Gasteiger partial charge in [0.25, 0.3) is 0 Å². The second kappa shape index (κ2) is 7.06. The summed E-state index contributed by atoms with van der Waals surface area (Å²) in [6.07, 6.45) is 4.68. The average Bonchev–Trinajstić information content (AvgIpc) is 2.29. The summed E-state index contributed by atoms with van der Waals surface area (Å²) in [6.45, 7) is 3.18. The maximum absolute atomic E-state index is 11.4. The van der Waals surface area contributed by atoms with Gasteiger partial charge in [-0.3, -0.25) is 4.79 Å². The molecule has 0 aromatic carbocycles. The molecule has 0 saturated heterocycles. The van der Waals surface area contributed by atoms with Crippen LogP contribution in [0.5, 0.6) is 5.75 Å². The Morgan fingerprint density at radius 2 is 2.19 bits per heavy atom. The van der Waals surface area contributed by atoms with Gasteiger partial charge in [-0.15, -0.1) is 0 Å². The SMILES string of the molecule is CCCCCOCc1cc(=O)c(OC)co1. The van der Waals surface area contributed by atoms with Crippen LogP contribution in [0.3, 0.4) is 0 Å². The molecule has 1 heterocycles. The molecule has 0 saturated carbocycles. The molecule has 1 rings (SSSR count). The molecule has 0 spiro atoms. The zero-order valence-corrected chi connectivity index (χ0v) is 9.82. The molecule has 0 amide bonds. The summed E-state index contributed by atoms with van der Waals surface area (Å²) in [6, 6.07) is 1.40. The van der Waals surface area contributed by atoms with Gasteiger partial charge in [-0.2, -0.15) is 0 Å². The smallest absolute Gasteiger partial charge is 0.227 e. The lowest BCUT2D eigenvalue weighted by molar-refractivity contribution is 0.101. The van der Waals surface area contributed by atoms with Crippen LogP contribution >= 0.6 is 0 Å². The highest BCUT2D eigenvalue weighted by Crippen LogP contribution is 2.06. The molecule has 0 aliphatic carbocycles. The Labute approximate surface area is 95.2 Å². The molecular weight excluding hydrogens is 208 g/mol. The summed E-state index contributed by atoms with van der Waals surface area (Å²) in [5.74, 6) is 0.747. The fourth-order valence-electron chi connectivity index (χ4n) is 1.29. The molecule has 0 aliphatic rings. The highest BCUT2D eigenvalue weighted by atomic mass is 16.5. The van der Waals surface area contributed by atoms with E-state index in [1.54, 1.807) is 0 Å². The van der Waals surface area contributed by atoms with E-state index in [1.165, 1.54) is 25.9 Å². The molecule has 1 aromatic rings. The topological polar surface area (TPSA) is 48.7 Å². The van der Waals surface area contributed by atoms with E-state index in [2.05, 4.69) is 6.92 Å². The van der Waals surface area contributed by atoms with Gasteiger partial charge in [-0.05, 0) is 6.42 Å². The van der Waals surface area contributed by atoms with Crippen LogP contribution in [0.25, 0.3) is 0 Å². The van der Waals surface area contributed by atoms with Crippen molar-refractivity contribution in [1.29, 1.82) is 0 Å². The predicted molar refractivity (Wildman–Crippen MR) is 60.7 cm³/mol. The first-order valence-corrected chi connectivity index (χ1v) is 5.51.